The van der Waals surface area contributed by atoms with E-state index in [4.69, 9.17) is 5.73 Å². The smallest absolute Gasteiger partial charge is 0.386 e. The molecule has 1 aromatic carbocycles. The number of hydrogen-bond donors (Lipinski definition) is 2. The van der Waals surface area contributed by atoms with E-state index in [1.54, 1.807) is 24.3 Å². The summed E-state index contributed by atoms with van der Waals surface area (Å²) in [6.45, 7) is 0.364. The zero-order valence-corrected chi connectivity index (χ0v) is 13.7. The number of thiol groups is 1. The minimum Gasteiger partial charge on any atom is -0.386 e. The number of carbonyl (C=O) groups is 2. The molecule has 1 aliphatic rings. The lowest BCUT2D eigenvalue weighted by atomic mass is 9.79. The van der Waals surface area contributed by atoms with E-state index in [-0.39, 0.29) is 6.42 Å². The van der Waals surface area contributed by atoms with Crippen LogP contribution in [0.3, 0.4) is 0 Å². The first kappa shape index (κ1) is 18.8. The van der Waals surface area contributed by atoms with Gasteiger partial charge in [-0.2, -0.15) is 25.8 Å². The minimum atomic E-state index is -5.20. The molecular weight excluding hydrogens is 343 g/mol. The third-order valence-corrected chi connectivity index (χ3v) is 5.09. The van der Waals surface area contributed by atoms with Crippen LogP contribution in [0.2, 0.25) is 0 Å². The number of alkyl halides is 3. The quantitative estimate of drug-likeness (QED) is 0.492. The number of carbonyl (C=O) groups excluding carboxylic acids is 2. The van der Waals surface area contributed by atoms with Crippen LogP contribution in [-0.4, -0.2) is 23.4 Å². The fourth-order valence-electron chi connectivity index (χ4n) is 2.97. The Labute approximate surface area is 143 Å². The molecule has 0 bridgehead atoms. The lowest BCUT2D eigenvalue weighted by Gasteiger charge is -2.30. The van der Waals surface area contributed by atoms with Crippen LogP contribution in [0.5, 0.6) is 0 Å². The highest BCUT2D eigenvalue weighted by molar-refractivity contribution is 7.81. The maximum atomic E-state index is 12.4. The Morgan fingerprint density at radius 1 is 1.25 bits per heavy atom. The third kappa shape index (κ3) is 3.92. The number of hydrogen-bond acceptors (Lipinski definition) is 5. The third-order valence-electron chi connectivity index (χ3n) is 4.34. The Morgan fingerprint density at radius 2 is 1.83 bits per heavy atom. The number of rotatable bonds is 4. The highest BCUT2D eigenvalue weighted by atomic mass is 32.1. The van der Waals surface area contributed by atoms with Crippen LogP contribution in [0.15, 0.2) is 24.3 Å². The average molecular weight is 361 g/mol. The van der Waals surface area contributed by atoms with Crippen molar-refractivity contribution < 1.29 is 27.5 Å². The summed E-state index contributed by atoms with van der Waals surface area (Å²) in [6.07, 6.45) is -3.52. The van der Waals surface area contributed by atoms with Crippen molar-refractivity contribution >= 4 is 24.6 Å². The summed E-state index contributed by atoms with van der Waals surface area (Å²) in [4.78, 5) is 23.4. The zero-order valence-electron chi connectivity index (χ0n) is 12.8. The van der Waals surface area contributed by atoms with E-state index in [0.29, 0.717) is 25.8 Å². The molecule has 1 aliphatic carbocycles. The molecule has 1 saturated carbocycles. The molecule has 2 unspecified atom stereocenters. The highest BCUT2D eigenvalue weighted by Crippen LogP contribution is 2.45. The van der Waals surface area contributed by atoms with Gasteiger partial charge in [-0.3, -0.25) is 4.79 Å². The molecule has 1 fully saturated rings. The van der Waals surface area contributed by atoms with Gasteiger partial charge in [-0.1, -0.05) is 30.7 Å². The van der Waals surface area contributed by atoms with Crippen molar-refractivity contribution in [3.63, 3.8) is 0 Å². The van der Waals surface area contributed by atoms with Gasteiger partial charge in [-0.15, -0.1) is 0 Å². The lowest BCUT2D eigenvalue weighted by Crippen LogP contribution is -2.42. The molecule has 1 aromatic rings. The summed E-state index contributed by atoms with van der Waals surface area (Å²) in [7, 11) is 0. The van der Waals surface area contributed by atoms with E-state index in [0.717, 1.165) is 11.1 Å². The number of esters is 2. The minimum absolute atomic E-state index is 0.163. The first-order valence-electron chi connectivity index (χ1n) is 7.48. The van der Waals surface area contributed by atoms with E-state index in [1.165, 1.54) is 0 Å². The first-order valence-corrected chi connectivity index (χ1v) is 8.00. The van der Waals surface area contributed by atoms with E-state index in [9.17, 15) is 22.8 Å². The Hall–Kier alpha value is -1.54. The van der Waals surface area contributed by atoms with Crippen LogP contribution in [-0.2, 0) is 27.3 Å². The summed E-state index contributed by atoms with van der Waals surface area (Å²) in [6, 6.07) is 7.11. The second kappa shape index (κ2) is 7.14. The van der Waals surface area contributed by atoms with Crippen LogP contribution in [0.25, 0.3) is 0 Å². The monoisotopic (exact) mass is 361 g/mol. The molecule has 0 amide bonds. The fraction of sp³-hybridized carbons (Fsp3) is 0.500. The standard InChI is InChI=1S/C16H18F3NO3S/c17-16(18,19)14(22)23-13(21)15(7-1-2-12(15)24)8-10-3-5-11(9-20)6-4-10/h3-6,12,24H,1-2,7-9,20H2. The van der Waals surface area contributed by atoms with Gasteiger partial charge < -0.3 is 10.5 Å². The molecule has 0 aliphatic heterocycles. The molecular formula is C16H18F3NO3S. The molecule has 0 aromatic heterocycles. The molecule has 0 radical (unpaired) electrons. The van der Waals surface area contributed by atoms with Crippen molar-refractivity contribution in [3.05, 3.63) is 35.4 Å². The molecule has 4 nitrogen and oxygen atoms in total. The summed E-state index contributed by atoms with van der Waals surface area (Å²) < 4.78 is 41.2. The zero-order chi connectivity index (χ0) is 18.0. The van der Waals surface area contributed by atoms with Crippen molar-refractivity contribution in [3.8, 4) is 0 Å². The van der Waals surface area contributed by atoms with Crippen LogP contribution < -0.4 is 5.73 Å². The maximum Gasteiger partial charge on any atom is 0.491 e. The van der Waals surface area contributed by atoms with Crippen LogP contribution in [0, 0.1) is 5.41 Å². The number of nitrogens with two attached hydrogens (primary N) is 1. The predicted octanol–water partition coefficient (Wildman–Crippen LogP) is 2.79. The Bertz CT molecular complexity index is 618. The summed E-state index contributed by atoms with van der Waals surface area (Å²) in [5, 5.41) is -0.472. The van der Waals surface area contributed by atoms with Gasteiger partial charge in [0.2, 0.25) is 0 Å². The molecule has 24 heavy (non-hydrogen) atoms. The first-order chi connectivity index (χ1) is 11.2. The van der Waals surface area contributed by atoms with Gasteiger partial charge in [-0.25, -0.2) is 4.79 Å². The summed E-state index contributed by atoms with van der Waals surface area (Å²) in [5.74, 6) is -3.65. The molecule has 2 rings (SSSR count). The van der Waals surface area contributed by atoms with Gasteiger partial charge in [0.15, 0.2) is 0 Å². The average Bonchev–Trinajstić information content (AvgIpc) is 2.89. The normalized spacial score (nSPS) is 24.0. The van der Waals surface area contributed by atoms with Crippen molar-refractivity contribution in [1.82, 2.24) is 0 Å². The van der Waals surface area contributed by atoms with Gasteiger partial charge >= 0.3 is 18.1 Å². The van der Waals surface area contributed by atoms with Crippen molar-refractivity contribution in [2.75, 3.05) is 0 Å². The Morgan fingerprint density at radius 3 is 2.29 bits per heavy atom. The molecule has 2 N–H and O–H groups in total. The predicted molar refractivity (Wildman–Crippen MR) is 84.2 cm³/mol. The van der Waals surface area contributed by atoms with Gasteiger partial charge in [0, 0.05) is 11.8 Å². The van der Waals surface area contributed by atoms with E-state index in [1.807, 2.05) is 0 Å². The molecule has 132 valence electrons. The summed E-state index contributed by atoms with van der Waals surface area (Å²) in [5.41, 5.74) is 5.94. The van der Waals surface area contributed by atoms with Crippen molar-refractivity contribution in [2.45, 2.75) is 43.7 Å². The topological polar surface area (TPSA) is 69.4 Å². The second-order valence-electron chi connectivity index (χ2n) is 5.94. The van der Waals surface area contributed by atoms with Crippen LogP contribution in [0.4, 0.5) is 13.2 Å². The number of halogens is 3. The van der Waals surface area contributed by atoms with Gasteiger partial charge in [0.05, 0.1) is 5.41 Å². The van der Waals surface area contributed by atoms with E-state index in [2.05, 4.69) is 17.4 Å². The molecule has 2 atom stereocenters. The Kier molecular flexibility index (Phi) is 5.59. The van der Waals surface area contributed by atoms with Gasteiger partial charge in [0.25, 0.3) is 0 Å². The molecule has 0 spiro atoms. The lowest BCUT2D eigenvalue weighted by molar-refractivity contribution is -0.205. The van der Waals surface area contributed by atoms with E-state index >= 15 is 0 Å². The number of ether oxygens (including phenoxy) is 1. The fourth-order valence-corrected chi connectivity index (χ4v) is 3.48. The van der Waals surface area contributed by atoms with Crippen LogP contribution in [0.1, 0.15) is 30.4 Å². The highest BCUT2D eigenvalue weighted by Gasteiger charge is 2.52. The van der Waals surface area contributed by atoms with Crippen molar-refractivity contribution in [1.29, 1.82) is 0 Å². The van der Waals surface area contributed by atoms with Crippen molar-refractivity contribution in [2.24, 2.45) is 11.1 Å². The van der Waals surface area contributed by atoms with Gasteiger partial charge in [-0.05, 0) is 30.4 Å². The summed E-state index contributed by atoms with van der Waals surface area (Å²) >= 11 is 4.36. The molecule has 0 saturated heterocycles. The molecule has 0 heterocycles. The maximum absolute atomic E-state index is 12.4. The largest absolute Gasteiger partial charge is 0.491 e. The Balaban J connectivity index is 2.23. The SMILES string of the molecule is NCc1ccc(CC2(C(=O)OC(=O)C(F)(F)F)CCCC2S)cc1. The van der Waals surface area contributed by atoms with E-state index < -0.39 is 28.8 Å². The molecule has 8 heteroatoms. The van der Waals surface area contributed by atoms with Gasteiger partial charge in [0.1, 0.15) is 0 Å². The number of benzene rings is 1. The van der Waals surface area contributed by atoms with Crippen LogP contribution >= 0.6 is 12.6 Å². The second-order valence-corrected chi connectivity index (χ2v) is 6.56.